The van der Waals surface area contributed by atoms with Gasteiger partial charge in [0.2, 0.25) is 5.91 Å². The molecule has 0 bridgehead atoms. The molecule has 1 amide bonds. The predicted molar refractivity (Wildman–Crippen MR) is 149 cm³/mol. The third kappa shape index (κ3) is 6.35. The number of amides is 1. The molecule has 0 aliphatic carbocycles. The molecule has 0 saturated heterocycles. The molecule has 3 aromatic carbocycles. The van der Waals surface area contributed by atoms with Gasteiger partial charge in [-0.15, -0.1) is 11.3 Å². The van der Waals surface area contributed by atoms with E-state index >= 15 is 0 Å². The largest absolute Gasteiger partial charge is 0.506 e. The zero-order chi connectivity index (χ0) is 24.9. The van der Waals surface area contributed by atoms with Crippen LogP contribution in [0.15, 0.2) is 66.8 Å². The SMILES string of the molecule is COc1ccc(OC)c(NC(=O)CSc2nc3ccc(N=Cc4cc(Br)c(O)c(Br)c4)cc3s2)c1. The van der Waals surface area contributed by atoms with Gasteiger partial charge in [-0.05, 0) is 79.9 Å². The van der Waals surface area contributed by atoms with Crippen molar-refractivity contribution in [2.75, 3.05) is 25.3 Å². The minimum absolute atomic E-state index is 0.148. The van der Waals surface area contributed by atoms with Crippen LogP contribution in [0, 0.1) is 0 Å². The predicted octanol–water partition coefficient (Wildman–Crippen LogP) is 7.03. The fourth-order valence-corrected chi connectivity index (χ4v) is 6.19. The van der Waals surface area contributed by atoms with Gasteiger partial charge in [-0.25, -0.2) is 4.98 Å². The number of rotatable bonds is 8. The summed E-state index contributed by atoms with van der Waals surface area (Å²) in [6.07, 6.45) is 1.73. The molecule has 7 nitrogen and oxygen atoms in total. The molecule has 0 unspecified atom stereocenters. The fraction of sp³-hybridized carbons (Fsp3) is 0.125. The Labute approximate surface area is 226 Å². The smallest absolute Gasteiger partial charge is 0.234 e. The minimum Gasteiger partial charge on any atom is -0.506 e. The molecule has 11 heteroatoms. The van der Waals surface area contributed by atoms with Crippen LogP contribution in [0.1, 0.15) is 5.56 Å². The van der Waals surface area contributed by atoms with Crippen molar-refractivity contribution in [2.24, 2.45) is 4.99 Å². The number of hydrogen-bond donors (Lipinski definition) is 2. The van der Waals surface area contributed by atoms with Gasteiger partial charge in [0.1, 0.15) is 17.2 Å². The number of halogens is 2. The minimum atomic E-state index is -0.169. The monoisotopic (exact) mass is 635 g/mol. The summed E-state index contributed by atoms with van der Waals surface area (Å²) in [5, 5.41) is 12.7. The van der Waals surface area contributed by atoms with Crippen LogP contribution in [0.25, 0.3) is 10.2 Å². The zero-order valence-corrected chi connectivity index (χ0v) is 23.3. The Bertz CT molecular complexity index is 1400. The van der Waals surface area contributed by atoms with Crippen LogP contribution in [0.2, 0.25) is 0 Å². The maximum Gasteiger partial charge on any atom is 0.234 e. The number of carbonyl (C=O) groups excluding carboxylic acids is 1. The number of anilines is 1. The molecular weight excluding hydrogens is 618 g/mol. The molecule has 4 rings (SSSR count). The first-order chi connectivity index (χ1) is 16.9. The molecule has 0 aliphatic rings. The molecule has 0 spiro atoms. The second-order valence-corrected chi connectivity index (χ2v) is 11.1. The van der Waals surface area contributed by atoms with Gasteiger partial charge in [0.25, 0.3) is 0 Å². The highest BCUT2D eigenvalue weighted by Crippen LogP contribution is 2.34. The van der Waals surface area contributed by atoms with E-state index in [4.69, 9.17) is 9.47 Å². The van der Waals surface area contributed by atoms with Crippen molar-refractivity contribution in [3.05, 3.63) is 63.0 Å². The standard InChI is InChI=1S/C24H19Br2N3O4S2/c1-32-15-4-6-20(33-2)19(10-15)28-22(30)12-34-24-29-18-5-3-14(9-21(18)35-24)27-11-13-7-16(25)23(31)17(26)8-13/h3-11,31H,12H2,1-2H3,(H,28,30). The molecule has 2 N–H and O–H groups in total. The number of carbonyl (C=O) groups is 1. The van der Waals surface area contributed by atoms with E-state index in [-0.39, 0.29) is 17.4 Å². The number of ether oxygens (including phenoxy) is 2. The summed E-state index contributed by atoms with van der Waals surface area (Å²) in [6, 6.07) is 14.6. The number of nitrogens with one attached hydrogen (secondary N) is 1. The summed E-state index contributed by atoms with van der Waals surface area (Å²) < 4.78 is 13.5. The van der Waals surface area contributed by atoms with E-state index in [1.807, 2.05) is 18.2 Å². The lowest BCUT2D eigenvalue weighted by Crippen LogP contribution is -2.14. The van der Waals surface area contributed by atoms with Crippen molar-refractivity contribution in [3.8, 4) is 17.2 Å². The highest BCUT2D eigenvalue weighted by molar-refractivity contribution is 9.11. The lowest BCUT2D eigenvalue weighted by atomic mass is 10.2. The normalized spacial score (nSPS) is 11.2. The zero-order valence-electron chi connectivity index (χ0n) is 18.5. The Morgan fingerprint density at radius 2 is 1.91 bits per heavy atom. The van der Waals surface area contributed by atoms with Gasteiger partial charge in [0, 0.05) is 12.3 Å². The number of hydrogen-bond acceptors (Lipinski definition) is 8. The molecule has 1 aromatic heterocycles. The molecule has 0 saturated carbocycles. The van der Waals surface area contributed by atoms with Gasteiger partial charge in [-0.2, -0.15) is 0 Å². The number of aliphatic imine (C=N–C) groups is 1. The van der Waals surface area contributed by atoms with Gasteiger partial charge in [0.05, 0.1) is 50.5 Å². The van der Waals surface area contributed by atoms with Crippen LogP contribution in [0.4, 0.5) is 11.4 Å². The second-order valence-electron chi connectivity index (χ2n) is 7.13. The van der Waals surface area contributed by atoms with Gasteiger partial charge < -0.3 is 19.9 Å². The molecule has 35 heavy (non-hydrogen) atoms. The maximum atomic E-state index is 12.5. The molecule has 4 aromatic rings. The van der Waals surface area contributed by atoms with Crippen LogP contribution in [0.5, 0.6) is 17.2 Å². The number of thiazole rings is 1. The first-order valence-corrected chi connectivity index (χ1v) is 13.5. The summed E-state index contributed by atoms with van der Waals surface area (Å²) in [6.45, 7) is 0. The maximum absolute atomic E-state index is 12.5. The summed E-state index contributed by atoms with van der Waals surface area (Å²) in [5.74, 6) is 1.37. The molecular formula is C24H19Br2N3O4S2. The number of methoxy groups -OCH3 is 2. The molecule has 0 fully saturated rings. The van der Waals surface area contributed by atoms with Crippen LogP contribution >= 0.6 is 55.0 Å². The molecule has 0 aliphatic heterocycles. The number of phenolic OH excluding ortho intramolecular Hbond substituents is 1. The van der Waals surface area contributed by atoms with Crippen molar-refractivity contribution in [1.29, 1.82) is 0 Å². The third-order valence-corrected chi connectivity index (χ3v) is 8.13. The molecule has 0 atom stereocenters. The number of benzene rings is 3. The van der Waals surface area contributed by atoms with E-state index < -0.39 is 0 Å². The number of aromatic hydroxyl groups is 1. The Morgan fingerprint density at radius 1 is 1.14 bits per heavy atom. The first kappa shape index (κ1) is 25.5. The molecule has 1 heterocycles. The first-order valence-electron chi connectivity index (χ1n) is 10.1. The second kappa shape index (κ2) is 11.4. The van der Waals surface area contributed by atoms with Gasteiger partial charge >= 0.3 is 0 Å². The summed E-state index contributed by atoms with van der Waals surface area (Å²) in [7, 11) is 3.12. The van der Waals surface area contributed by atoms with Crippen molar-refractivity contribution in [2.45, 2.75) is 4.34 Å². The van der Waals surface area contributed by atoms with Gasteiger partial charge in [-0.1, -0.05) is 11.8 Å². The Morgan fingerprint density at radius 3 is 2.63 bits per heavy atom. The van der Waals surface area contributed by atoms with Gasteiger partial charge in [-0.3, -0.25) is 9.79 Å². The van der Waals surface area contributed by atoms with Crippen molar-refractivity contribution in [3.63, 3.8) is 0 Å². The number of nitrogens with zero attached hydrogens (tertiary/aromatic N) is 2. The van der Waals surface area contributed by atoms with Crippen LogP contribution in [-0.2, 0) is 4.79 Å². The summed E-state index contributed by atoms with van der Waals surface area (Å²) in [5.41, 5.74) is 3.01. The van der Waals surface area contributed by atoms with E-state index in [2.05, 4.69) is 47.2 Å². The van der Waals surface area contributed by atoms with Crippen LogP contribution < -0.4 is 14.8 Å². The van der Waals surface area contributed by atoms with Crippen LogP contribution in [0.3, 0.4) is 0 Å². The Kier molecular flexibility index (Phi) is 8.32. The number of thioether (sulfide) groups is 1. The highest BCUT2D eigenvalue weighted by Gasteiger charge is 2.12. The van der Waals surface area contributed by atoms with E-state index in [1.165, 1.54) is 23.1 Å². The number of aromatic nitrogens is 1. The average Bonchev–Trinajstić information content (AvgIpc) is 3.27. The van der Waals surface area contributed by atoms with E-state index in [9.17, 15) is 9.90 Å². The van der Waals surface area contributed by atoms with Crippen molar-refractivity contribution in [1.82, 2.24) is 4.98 Å². The molecule has 0 radical (unpaired) electrons. The third-order valence-electron chi connectivity index (χ3n) is 4.76. The number of phenols is 1. The lowest BCUT2D eigenvalue weighted by Gasteiger charge is -2.11. The Hall–Kier alpha value is -2.60. The summed E-state index contributed by atoms with van der Waals surface area (Å²) in [4.78, 5) is 21.7. The quantitative estimate of drug-likeness (QED) is 0.159. The van der Waals surface area contributed by atoms with Crippen LogP contribution in [-0.4, -0.2) is 42.2 Å². The number of fused-ring (bicyclic) bond motifs is 1. The topological polar surface area (TPSA) is 93.0 Å². The van der Waals surface area contributed by atoms with Gasteiger partial charge in [0.15, 0.2) is 4.34 Å². The lowest BCUT2D eigenvalue weighted by molar-refractivity contribution is -0.113. The summed E-state index contributed by atoms with van der Waals surface area (Å²) >= 11 is 9.52. The van der Waals surface area contributed by atoms with E-state index in [0.29, 0.717) is 26.1 Å². The average molecular weight is 637 g/mol. The Balaban J connectivity index is 1.42. The van der Waals surface area contributed by atoms with E-state index in [1.54, 1.807) is 50.8 Å². The van der Waals surface area contributed by atoms with Crippen molar-refractivity contribution < 1.29 is 19.4 Å². The highest BCUT2D eigenvalue weighted by atomic mass is 79.9. The van der Waals surface area contributed by atoms with E-state index in [0.717, 1.165) is 25.8 Å². The van der Waals surface area contributed by atoms with Crippen molar-refractivity contribution >= 4 is 88.7 Å². The fourth-order valence-electron chi connectivity index (χ4n) is 3.07. The molecule has 180 valence electrons.